The number of hydrogen-bond donors (Lipinski definition) is 0. The number of esters is 4. The highest BCUT2D eigenvalue weighted by Gasteiger charge is 2.52. The molecule has 1 fully saturated rings. The van der Waals surface area contributed by atoms with Crippen LogP contribution >= 0.6 is 0 Å². The van der Waals surface area contributed by atoms with Gasteiger partial charge in [-0.3, -0.25) is 9.59 Å². The van der Waals surface area contributed by atoms with Gasteiger partial charge in [0.05, 0.1) is 44.3 Å². The molecule has 3 aliphatic rings. The zero-order valence-electron chi connectivity index (χ0n) is 13.9. The molecule has 25 heavy (non-hydrogen) atoms. The van der Waals surface area contributed by atoms with Crippen LogP contribution in [-0.2, 0) is 28.5 Å². The molecule has 8 heteroatoms. The highest BCUT2D eigenvalue weighted by atomic mass is 16.6. The van der Waals surface area contributed by atoms with Crippen LogP contribution in [0.2, 0.25) is 0 Å². The maximum atomic E-state index is 12.4. The monoisotopic (exact) mass is 348 g/mol. The summed E-state index contributed by atoms with van der Waals surface area (Å²) in [6.07, 6.45) is -0.430. The fourth-order valence-electron chi connectivity index (χ4n) is 3.54. The van der Waals surface area contributed by atoms with Crippen LogP contribution in [0.4, 0.5) is 0 Å². The van der Waals surface area contributed by atoms with E-state index in [9.17, 15) is 19.2 Å². The van der Waals surface area contributed by atoms with Gasteiger partial charge in [0, 0.05) is 6.42 Å². The average molecular weight is 348 g/mol. The SMILES string of the molecule is COC(=O)c1ccc2c(c1C(=O)OC)C1C(=O)O[C@H]2C[C@@H]1C(=O)OC. The quantitative estimate of drug-likeness (QED) is 0.591. The Bertz CT molecular complexity index is 781. The van der Waals surface area contributed by atoms with E-state index in [0.717, 1.165) is 0 Å². The van der Waals surface area contributed by atoms with Crippen LogP contribution in [0.15, 0.2) is 12.1 Å². The Labute approximate surface area is 143 Å². The van der Waals surface area contributed by atoms with Crippen LogP contribution in [0.25, 0.3) is 0 Å². The summed E-state index contributed by atoms with van der Waals surface area (Å²) < 4.78 is 19.6. The molecule has 0 radical (unpaired) electrons. The van der Waals surface area contributed by atoms with Crippen LogP contribution in [0.5, 0.6) is 0 Å². The molecule has 8 nitrogen and oxygen atoms in total. The third-order valence-corrected chi connectivity index (χ3v) is 4.62. The smallest absolute Gasteiger partial charge is 0.339 e. The van der Waals surface area contributed by atoms with E-state index in [1.54, 1.807) is 6.07 Å². The van der Waals surface area contributed by atoms with Crippen molar-refractivity contribution >= 4 is 23.9 Å². The molecular weight excluding hydrogens is 332 g/mol. The van der Waals surface area contributed by atoms with Gasteiger partial charge in [-0.15, -0.1) is 0 Å². The molecule has 1 aromatic carbocycles. The van der Waals surface area contributed by atoms with Gasteiger partial charge in [0.2, 0.25) is 0 Å². The first-order valence-corrected chi connectivity index (χ1v) is 7.56. The van der Waals surface area contributed by atoms with Crippen molar-refractivity contribution in [3.63, 3.8) is 0 Å². The second kappa shape index (κ2) is 6.19. The van der Waals surface area contributed by atoms with Crippen molar-refractivity contribution in [2.24, 2.45) is 5.92 Å². The van der Waals surface area contributed by atoms with Gasteiger partial charge in [0.15, 0.2) is 0 Å². The number of fused-ring (bicyclic) bond motifs is 2. The lowest BCUT2D eigenvalue weighted by Crippen LogP contribution is -2.43. The van der Waals surface area contributed by atoms with E-state index in [4.69, 9.17) is 18.9 Å². The minimum Gasteiger partial charge on any atom is -0.469 e. The largest absolute Gasteiger partial charge is 0.469 e. The molecule has 0 amide bonds. The van der Waals surface area contributed by atoms with E-state index in [1.807, 2.05) is 0 Å². The second-order valence-corrected chi connectivity index (χ2v) is 5.74. The van der Waals surface area contributed by atoms with E-state index in [-0.39, 0.29) is 23.1 Å². The van der Waals surface area contributed by atoms with Crippen molar-refractivity contribution in [2.45, 2.75) is 18.4 Å². The van der Waals surface area contributed by atoms with Crippen LogP contribution < -0.4 is 0 Å². The molecule has 132 valence electrons. The van der Waals surface area contributed by atoms with Crippen molar-refractivity contribution in [2.75, 3.05) is 21.3 Å². The molecule has 0 spiro atoms. The summed E-state index contributed by atoms with van der Waals surface area (Å²) in [4.78, 5) is 48.9. The molecule has 1 aromatic rings. The van der Waals surface area contributed by atoms with Gasteiger partial charge in [-0.05, 0) is 17.2 Å². The lowest BCUT2D eigenvalue weighted by molar-refractivity contribution is -0.172. The number of carbonyl (C=O) groups is 4. The normalized spacial score (nSPS) is 23.3. The number of benzene rings is 1. The summed E-state index contributed by atoms with van der Waals surface area (Å²) in [5.74, 6) is -4.57. The van der Waals surface area contributed by atoms with Crippen molar-refractivity contribution in [1.29, 1.82) is 0 Å². The number of ether oxygens (including phenoxy) is 4. The zero-order chi connectivity index (χ0) is 18.3. The van der Waals surface area contributed by atoms with E-state index in [2.05, 4.69) is 0 Å². The van der Waals surface area contributed by atoms with Crippen molar-refractivity contribution in [3.05, 3.63) is 34.4 Å². The highest BCUT2D eigenvalue weighted by molar-refractivity contribution is 6.06. The lowest BCUT2D eigenvalue weighted by Gasteiger charge is -2.41. The molecule has 2 bridgehead atoms. The minimum absolute atomic E-state index is 0.0305. The van der Waals surface area contributed by atoms with Gasteiger partial charge < -0.3 is 18.9 Å². The van der Waals surface area contributed by atoms with Gasteiger partial charge in [-0.2, -0.15) is 0 Å². The van der Waals surface area contributed by atoms with Crippen molar-refractivity contribution < 1.29 is 38.1 Å². The summed E-state index contributed by atoms with van der Waals surface area (Å²) in [5, 5.41) is 0. The second-order valence-electron chi connectivity index (χ2n) is 5.74. The topological polar surface area (TPSA) is 105 Å². The fourth-order valence-corrected chi connectivity index (χ4v) is 3.54. The summed E-state index contributed by atoms with van der Waals surface area (Å²) >= 11 is 0. The van der Waals surface area contributed by atoms with E-state index in [0.29, 0.717) is 5.56 Å². The lowest BCUT2D eigenvalue weighted by atomic mass is 9.69. The van der Waals surface area contributed by atoms with Gasteiger partial charge in [-0.25, -0.2) is 9.59 Å². The van der Waals surface area contributed by atoms with Crippen LogP contribution in [0.3, 0.4) is 0 Å². The number of methoxy groups -OCH3 is 3. The summed E-state index contributed by atoms with van der Waals surface area (Å²) in [6, 6.07) is 3.03. The molecule has 2 heterocycles. The fraction of sp³-hybridized carbons (Fsp3) is 0.412. The number of rotatable bonds is 3. The predicted molar refractivity (Wildman–Crippen MR) is 80.8 cm³/mol. The molecule has 2 aliphatic heterocycles. The number of carbonyl (C=O) groups excluding carboxylic acids is 4. The Hall–Kier alpha value is -2.90. The first kappa shape index (κ1) is 16.9. The summed E-state index contributed by atoms with van der Waals surface area (Å²) in [6.45, 7) is 0. The first-order valence-electron chi connectivity index (χ1n) is 7.56. The predicted octanol–water partition coefficient (Wildman–Crippen LogP) is 1.13. The Morgan fingerprint density at radius 2 is 1.72 bits per heavy atom. The van der Waals surface area contributed by atoms with Crippen molar-refractivity contribution in [3.8, 4) is 0 Å². The molecule has 3 atom stereocenters. The van der Waals surface area contributed by atoms with Gasteiger partial charge in [0.1, 0.15) is 6.10 Å². The standard InChI is InChI=1S/C17H16O8/c1-22-14(18)8-5-4-7-10-6-9(15(19)23-2)13(17(21)25-10)11(7)12(8)16(20)24-3/h4-5,9-10,13H,6H2,1-3H3/t9-,10-,13?/m0/s1. The van der Waals surface area contributed by atoms with Crippen LogP contribution in [0.1, 0.15) is 50.3 Å². The maximum Gasteiger partial charge on any atom is 0.339 e. The van der Waals surface area contributed by atoms with Crippen LogP contribution in [-0.4, -0.2) is 45.2 Å². The molecule has 4 rings (SSSR count). The third-order valence-electron chi connectivity index (χ3n) is 4.62. The van der Waals surface area contributed by atoms with E-state index in [1.165, 1.54) is 27.4 Å². The molecule has 1 aliphatic carbocycles. The van der Waals surface area contributed by atoms with Crippen molar-refractivity contribution in [1.82, 2.24) is 0 Å². The zero-order valence-corrected chi connectivity index (χ0v) is 13.9. The number of hydrogen-bond acceptors (Lipinski definition) is 8. The minimum atomic E-state index is -1.04. The van der Waals surface area contributed by atoms with Gasteiger partial charge >= 0.3 is 23.9 Å². The molecule has 0 N–H and O–H groups in total. The van der Waals surface area contributed by atoms with E-state index < -0.39 is 41.8 Å². The Kier molecular flexibility index (Phi) is 4.20. The van der Waals surface area contributed by atoms with Crippen LogP contribution in [0, 0.1) is 5.92 Å². The molecule has 1 saturated heterocycles. The summed E-state index contributed by atoms with van der Waals surface area (Å²) in [5.41, 5.74) is 0.750. The first-order chi connectivity index (χ1) is 11.9. The third kappa shape index (κ3) is 2.45. The average Bonchev–Trinajstić information content (AvgIpc) is 2.64. The van der Waals surface area contributed by atoms with Gasteiger partial charge in [-0.1, -0.05) is 6.07 Å². The van der Waals surface area contributed by atoms with E-state index >= 15 is 0 Å². The maximum absolute atomic E-state index is 12.4. The highest BCUT2D eigenvalue weighted by Crippen LogP contribution is 2.51. The summed E-state index contributed by atoms with van der Waals surface area (Å²) in [7, 11) is 3.57. The Balaban J connectivity index is 2.27. The molecule has 0 aromatic heterocycles. The van der Waals surface area contributed by atoms with Gasteiger partial charge in [0.25, 0.3) is 0 Å². The Morgan fingerprint density at radius 1 is 1.04 bits per heavy atom. The molecule has 0 saturated carbocycles. The molecule has 1 unspecified atom stereocenters. The Morgan fingerprint density at radius 3 is 2.32 bits per heavy atom. The molecular formula is C17H16O8.